The smallest absolute Gasteiger partial charge is 0.257 e. The topological polar surface area (TPSA) is 92.2 Å². The number of carbonyl (C=O) groups excluding carboxylic acids is 1. The zero-order valence-electron chi connectivity index (χ0n) is 11.4. The second-order valence-corrected chi connectivity index (χ2v) is 5.38. The fraction of sp³-hybridized carbons (Fsp3) is 0.500. The van der Waals surface area contributed by atoms with Gasteiger partial charge in [-0.05, 0) is 6.07 Å². The molecule has 1 saturated heterocycles. The maximum Gasteiger partial charge on any atom is 0.257 e. The number of primary amides is 1. The van der Waals surface area contributed by atoms with Crippen LogP contribution in [0.25, 0.3) is 0 Å². The van der Waals surface area contributed by atoms with E-state index < -0.39 is 11.6 Å². The van der Waals surface area contributed by atoms with E-state index in [0.717, 1.165) is 11.3 Å². The Morgan fingerprint density at radius 2 is 2.43 bits per heavy atom. The number of pyridine rings is 1. The number of amides is 1. The molecule has 6 nitrogen and oxygen atoms in total. The Labute approximate surface area is 121 Å². The molecule has 1 atom stereocenters. The van der Waals surface area contributed by atoms with Gasteiger partial charge in [-0.15, -0.1) is 0 Å². The lowest BCUT2D eigenvalue weighted by molar-refractivity contribution is -0.128. The van der Waals surface area contributed by atoms with E-state index in [1.54, 1.807) is 11.0 Å². The van der Waals surface area contributed by atoms with Crippen molar-refractivity contribution in [3.8, 4) is 6.07 Å². The molecule has 0 saturated carbocycles. The van der Waals surface area contributed by atoms with Crippen molar-refractivity contribution in [2.75, 3.05) is 24.6 Å². The third-order valence-corrected chi connectivity index (χ3v) is 3.99. The molecule has 0 radical (unpaired) electrons. The van der Waals surface area contributed by atoms with Crippen LogP contribution in [0, 0.1) is 11.3 Å². The Bertz CT molecular complexity index is 643. The molecule has 2 N–H and O–H groups in total. The van der Waals surface area contributed by atoms with E-state index in [2.05, 4.69) is 11.1 Å². The minimum atomic E-state index is -2.05. The summed E-state index contributed by atoms with van der Waals surface area (Å²) in [5.41, 5.74) is 5.19. The third kappa shape index (κ3) is 2.32. The maximum absolute atomic E-state index is 14.3. The number of anilines is 1. The van der Waals surface area contributed by atoms with Crippen molar-refractivity contribution in [1.29, 1.82) is 5.26 Å². The highest BCUT2D eigenvalue weighted by molar-refractivity contribution is 5.85. The molecule has 0 bridgehead atoms. The number of fused-ring (bicyclic) bond motifs is 1. The Balaban J connectivity index is 1.96. The number of nitrogens with two attached hydrogens (primary N) is 1. The lowest BCUT2D eigenvalue weighted by Crippen LogP contribution is -2.42. The van der Waals surface area contributed by atoms with Gasteiger partial charge in [-0.1, -0.05) is 0 Å². The first-order valence-electron chi connectivity index (χ1n) is 6.78. The van der Waals surface area contributed by atoms with E-state index in [-0.39, 0.29) is 13.0 Å². The first-order valence-corrected chi connectivity index (χ1v) is 6.78. The Morgan fingerprint density at radius 1 is 1.62 bits per heavy atom. The fourth-order valence-electron chi connectivity index (χ4n) is 2.75. The van der Waals surface area contributed by atoms with Crippen LogP contribution in [-0.4, -0.2) is 36.3 Å². The molecule has 7 heteroatoms. The van der Waals surface area contributed by atoms with Crippen molar-refractivity contribution in [2.24, 2.45) is 5.73 Å². The van der Waals surface area contributed by atoms with Crippen LogP contribution < -0.4 is 10.6 Å². The highest BCUT2D eigenvalue weighted by Gasteiger charge is 2.44. The average Bonchev–Trinajstić information content (AvgIpc) is 2.89. The zero-order chi connectivity index (χ0) is 15.0. The van der Waals surface area contributed by atoms with Gasteiger partial charge in [-0.25, -0.2) is 9.37 Å². The van der Waals surface area contributed by atoms with E-state index in [1.807, 2.05) is 0 Å². The molecule has 0 spiro atoms. The second kappa shape index (κ2) is 4.97. The molecule has 0 aliphatic carbocycles. The largest absolute Gasteiger partial charge is 0.376 e. The van der Waals surface area contributed by atoms with Gasteiger partial charge >= 0.3 is 0 Å². The number of halogens is 1. The van der Waals surface area contributed by atoms with Crippen LogP contribution in [0.1, 0.15) is 23.2 Å². The lowest BCUT2D eigenvalue weighted by Gasteiger charge is -2.23. The molecule has 1 unspecified atom stereocenters. The predicted molar refractivity (Wildman–Crippen MR) is 72.2 cm³/mol. The van der Waals surface area contributed by atoms with Crippen LogP contribution in [0.5, 0.6) is 0 Å². The summed E-state index contributed by atoms with van der Waals surface area (Å²) in [4.78, 5) is 17.3. The molecule has 0 aromatic carbocycles. The normalized spacial score (nSPS) is 24.5. The monoisotopic (exact) mass is 290 g/mol. The van der Waals surface area contributed by atoms with Crippen LogP contribution in [0.3, 0.4) is 0 Å². The molecule has 110 valence electrons. The Hall–Kier alpha value is -2.20. The number of rotatable bonds is 2. The number of carbonyl (C=O) groups is 1. The van der Waals surface area contributed by atoms with Gasteiger partial charge in [-0.3, -0.25) is 4.79 Å². The Morgan fingerprint density at radius 3 is 3.10 bits per heavy atom. The SMILES string of the molecule is N#Cc1cc2c(nc1N1CCC(F)(C(N)=O)C1)CCOC2. The molecule has 1 fully saturated rings. The van der Waals surface area contributed by atoms with E-state index in [4.69, 9.17) is 10.5 Å². The molecule has 2 aliphatic rings. The van der Waals surface area contributed by atoms with E-state index >= 15 is 0 Å². The predicted octanol–water partition coefficient (Wildman–Crippen LogP) is 0.430. The van der Waals surface area contributed by atoms with Crippen molar-refractivity contribution in [3.05, 3.63) is 22.9 Å². The molecule has 21 heavy (non-hydrogen) atoms. The summed E-state index contributed by atoms with van der Waals surface area (Å²) in [7, 11) is 0. The molecule has 3 heterocycles. The molecule has 2 aliphatic heterocycles. The number of aromatic nitrogens is 1. The fourth-order valence-corrected chi connectivity index (χ4v) is 2.75. The van der Waals surface area contributed by atoms with E-state index in [9.17, 15) is 14.4 Å². The minimum absolute atomic E-state index is 0.0229. The van der Waals surface area contributed by atoms with Gasteiger partial charge in [0.05, 0.1) is 31.0 Å². The number of hydrogen-bond acceptors (Lipinski definition) is 5. The van der Waals surface area contributed by atoms with Crippen LogP contribution in [0.15, 0.2) is 6.07 Å². The van der Waals surface area contributed by atoms with Gasteiger partial charge in [0.15, 0.2) is 0 Å². The first kappa shape index (κ1) is 13.8. The zero-order valence-corrected chi connectivity index (χ0v) is 11.4. The van der Waals surface area contributed by atoms with Gasteiger partial charge in [0.1, 0.15) is 11.9 Å². The standard InChI is InChI=1S/C14H15FN4O2/c15-14(13(17)20)2-3-19(8-14)12-9(6-16)5-10-7-21-4-1-11(10)18-12/h5H,1-4,7-8H2,(H2,17,20). The first-order chi connectivity index (χ1) is 10.0. The van der Waals surface area contributed by atoms with Crippen molar-refractivity contribution in [1.82, 2.24) is 4.98 Å². The van der Waals surface area contributed by atoms with Gasteiger partial charge in [0.25, 0.3) is 5.91 Å². The minimum Gasteiger partial charge on any atom is -0.376 e. The Kier molecular flexibility index (Phi) is 3.26. The van der Waals surface area contributed by atoms with E-state index in [0.29, 0.717) is 37.6 Å². The lowest BCUT2D eigenvalue weighted by atomic mass is 10.1. The number of ether oxygens (including phenoxy) is 1. The van der Waals surface area contributed by atoms with Gasteiger partial charge in [-0.2, -0.15) is 5.26 Å². The summed E-state index contributed by atoms with van der Waals surface area (Å²) < 4.78 is 19.6. The molecule has 1 amide bonds. The third-order valence-electron chi connectivity index (χ3n) is 3.99. The number of hydrogen-bond donors (Lipinski definition) is 1. The summed E-state index contributed by atoms with van der Waals surface area (Å²) in [5.74, 6) is -0.534. The molecular weight excluding hydrogens is 275 g/mol. The van der Waals surface area contributed by atoms with Crippen LogP contribution in [0.2, 0.25) is 0 Å². The molecule has 3 rings (SSSR count). The van der Waals surface area contributed by atoms with Crippen molar-refractivity contribution in [3.63, 3.8) is 0 Å². The van der Waals surface area contributed by atoms with Gasteiger partial charge < -0.3 is 15.4 Å². The number of nitrogens with zero attached hydrogens (tertiary/aromatic N) is 3. The highest BCUT2D eigenvalue weighted by atomic mass is 19.1. The van der Waals surface area contributed by atoms with Crippen LogP contribution in [0.4, 0.5) is 10.2 Å². The highest BCUT2D eigenvalue weighted by Crippen LogP contribution is 2.32. The number of nitriles is 1. The molecule has 1 aromatic rings. The van der Waals surface area contributed by atoms with Crippen LogP contribution in [-0.2, 0) is 22.6 Å². The number of alkyl halides is 1. The van der Waals surface area contributed by atoms with Crippen molar-refractivity contribution >= 4 is 11.7 Å². The molecular formula is C14H15FN4O2. The summed E-state index contributed by atoms with van der Waals surface area (Å²) in [6.45, 7) is 1.18. The van der Waals surface area contributed by atoms with E-state index in [1.165, 1.54) is 0 Å². The quantitative estimate of drug-likeness (QED) is 0.852. The molecule has 1 aromatic heterocycles. The summed E-state index contributed by atoms with van der Waals surface area (Å²) >= 11 is 0. The van der Waals surface area contributed by atoms with Crippen LogP contribution >= 0.6 is 0 Å². The summed E-state index contributed by atoms with van der Waals surface area (Å²) in [6.07, 6.45) is 0.688. The maximum atomic E-state index is 14.3. The summed E-state index contributed by atoms with van der Waals surface area (Å²) in [5, 5.41) is 9.28. The van der Waals surface area contributed by atoms with Gasteiger partial charge in [0.2, 0.25) is 5.67 Å². The van der Waals surface area contributed by atoms with Gasteiger partial charge in [0, 0.05) is 24.9 Å². The van der Waals surface area contributed by atoms with Crippen molar-refractivity contribution in [2.45, 2.75) is 25.1 Å². The van der Waals surface area contributed by atoms with Crippen molar-refractivity contribution < 1.29 is 13.9 Å². The summed E-state index contributed by atoms with van der Waals surface area (Å²) in [6, 6.07) is 3.82. The second-order valence-electron chi connectivity index (χ2n) is 5.38. The average molecular weight is 290 g/mol.